The summed E-state index contributed by atoms with van der Waals surface area (Å²) < 4.78 is 0. The Labute approximate surface area is 147 Å². The summed E-state index contributed by atoms with van der Waals surface area (Å²) in [6.07, 6.45) is 9.12. The maximum absolute atomic E-state index is 11.4. The molecule has 12 atom stereocenters. The smallest absolute Gasteiger partial charge is 0.303 e. The molecule has 6 bridgehead atoms. The number of fused-ring (bicyclic) bond motifs is 16. The first-order chi connectivity index (χ1) is 12.0. The van der Waals surface area contributed by atoms with Crippen molar-refractivity contribution in [2.75, 3.05) is 0 Å². The Hall–Kier alpha value is -1.32. The van der Waals surface area contributed by atoms with Gasteiger partial charge >= 0.3 is 11.9 Å². The zero-order valence-electron chi connectivity index (χ0n) is 14.3. The lowest BCUT2D eigenvalue weighted by atomic mass is 9.56. The van der Waals surface area contributed by atoms with Crippen molar-refractivity contribution >= 4 is 11.9 Å². The summed E-state index contributed by atoms with van der Waals surface area (Å²) in [7, 11) is 0. The van der Waals surface area contributed by atoms with E-state index in [0.717, 1.165) is 41.9 Å². The fourth-order valence-electron chi connectivity index (χ4n) is 9.53. The van der Waals surface area contributed by atoms with Gasteiger partial charge in [0.1, 0.15) is 0 Å². The van der Waals surface area contributed by atoms with E-state index >= 15 is 0 Å². The molecular weight excluding hydrogens is 316 g/mol. The molecule has 6 aliphatic rings. The second-order valence-corrected chi connectivity index (χ2v) is 9.91. The predicted octanol–water partition coefficient (Wildman–Crippen LogP) is 3.14. The molecule has 5 fully saturated rings. The number of allylic oxidation sites excluding steroid dienone is 2. The molecule has 2 N–H and O–H groups in total. The number of carboxylic acid groups (broad SMARTS) is 2. The van der Waals surface area contributed by atoms with Crippen LogP contribution in [0.1, 0.15) is 32.1 Å². The molecule has 0 spiro atoms. The van der Waals surface area contributed by atoms with Crippen LogP contribution in [0.5, 0.6) is 0 Å². The minimum atomic E-state index is -0.742. The van der Waals surface area contributed by atoms with Gasteiger partial charge in [-0.15, -0.1) is 0 Å². The Kier molecular flexibility index (Phi) is 2.78. The molecule has 134 valence electrons. The number of carbonyl (C=O) groups is 2. The van der Waals surface area contributed by atoms with Gasteiger partial charge in [0, 0.05) is 12.8 Å². The summed E-state index contributed by atoms with van der Waals surface area (Å²) in [4.78, 5) is 22.9. The van der Waals surface area contributed by atoms with Gasteiger partial charge in [-0.25, -0.2) is 0 Å². The Balaban J connectivity index is 1.35. The van der Waals surface area contributed by atoms with Crippen LogP contribution in [0.4, 0.5) is 0 Å². The minimum Gasteiger partial charge on any atom is -0.481 e. The molecule has 6 aliphatic carbocycles. The SMILES string of the molecule is O=C(O)CC1C(CC(=O)O)C2CC1C1C3CC(C4C5C=CC(C5)C34)C21. The molecular formula is C21H26O4. The van der Waals surface area contributed by atoms with Gasteiger partial charge in [0.05, 0.1) is 0 Å². The van der Waals surface area contributed by atoms with Crippen LogP contribution in [0.2, 0.25) is 0 Å². The van der Waals surface area contributed by atoms with Gasteiger partial charge in [-0.05, 0) is 90.3 Å². The van der Waals surface area contributed by atoms with Crippen LogP contribution in [0.15, 0.2) is 12.2 Å². The number of hydrogen-bond acceptors (Lipinski definition) is 2. The zero-order valence-corrected chi connectivity index (χ0v) is 14.3. The number of rotatable bonds is 4. The molecule has 0 aromatic rings. The number of carboxylic acids is 2. The van der Waals surface area contributed by atoms with Gasteiger partial charge in [0.25, 0.3) is 0 Å². The highest BCUT2D eigenvalue weighted by atomic mass is 16.4. The second kappa shape index (κ2) is 4.69. The van der Waals surface area contributed by atoms with E-state index in [1.54, 1.807) is 0 Å². The molecule has 0 heterocycles. The van der Waals surface area contributed by atoms with Crippen molar-refractivity contribution in [2.24, 2.45) is 71.0 Å². The highest BCUT2D eigenvalue weighted by molar-refractivity contribution is 5.69. The van der Waals surface area contributed by atoms with Crippen LogP contribution in [0.3, 0.4) is 0 Å². The van der Waals surface area contributed by atoms with Crippen LogP contribution >= 0.6 is 0 Å². The van der Waals surface area contributed by atoms with Crippen molar-refractivity contribution in [1.29, 1.82) is 0 Å². The Morgan fingerprint density at radius 3 is 1.56 bits per heavy atom. The Morgan fingerprint density at radius 2 is 1.12 bits per heavy atom. The van der Waals surface area contributed by atoms with Crippen LogP contribution in [0.25, 0.3) is 0 Å². The summed E-state index contributed by atoms with van der Waals surface area (Å²) in [6.45, 7) is 0. The Bertz CT molecular complexity index is 629. The van der Waals surface area contributed by atoms with E-state index in [9.17, 15) is 19.8 Å². The van der Waals surface area contributed by atoms with E-state index in [2.05, 4.69) is 12.2 Å². The predicted molar refractivity (Wildman–Crippen MR) is 89.4 cm³/mol. The first-order valence-electron chi connectivity index (χ1n) is 10.2. The molecule has 0 saturated heterocycles. The number of aliphatic carboxylic acids is 2. The summed E-state index contributed by atoms with van der Waals surface area (Å²) in [5, 5.41) is 18.8. The third kappa shape index (κ3) is 1.69. The lowest BCUT2D eigenvalue weighted by Gasteiger charge is -2.48. The van der Waals surface area contributed by atoms with E-state index in [1.807, 2.05) is 0 Å². The first kappa shape index (κ1) is 14.8. The van der Waals surface area contributed by atoms with Crippen molar-refractivity contribution in [2.45, 2.75) is 32.1 Å². The monoisotopic (exact) mass is 342 g/mol. The van der Waals surface area contributed by atoms with Gasteiger partial charge < -0.3 is 10.2 Å². The van der Waals surface area contributed by atoms with Crippen LogP contribution in [-0.4, -0.2) is 22.2 Å². The van der Waals surface area contributed by atoms with E-state index in [-0.39, 0.29) is 24.7 Å². The van der Waals surface area contributed by atoms with Crippen LogP contribution in [0, 0.1) is 71.0 Å². The lowest BCUT2D eigenvalue weighted by Crippen LogP contribution is -2.45. The van der Waals surface area contributed by atoms with Crippen molar-refractivity contribution in [3.05, 3.63) is 12.2 Å². The van der Waals surface area contributed by atoms with Gasteiger partial charge in [-0.3, -0.25) is 9.59 Å². The fraction of sp³-hybridized carbons (Fsp3) is 0.810. The van der Waals surface area contributed by atoms with Gasteiger partial charge in [0.15, 0.2) is 0 Å². The van der Waals surface area contributed by atoms with Crippen LogP contribution in [-0.2, 0) is 9.59 Å². The molecule has 0 aromatic carbocycles. The molecule has 0 amide bonds. The summed E-state index contributed by atoms with van der Waals surface area (Å²) in [5.74, 6) is 6.01. The van der Waals surface area contributed by atoms with Gasteiger partial charge in [-0.1, -0.05) is 12.2 Å². The highest BCUT2D eigenvalue weighted by Crippen LogP contribution is 2.77. The average Bonchev–Trinajstić information content (AvgIpc) is 3.33. The van der Waals surface area contributed by atoms with Crippen molar-refractivity contribution in [3.8, 4) is 0 Å². The lowest BCUT2D eigenvalue weighted by molar-refractivity contribution is -0.144. The van der Waals surface area contributed by atoms with E-state index in [0.29, 0.717) is 23.7 Å². The Morgan fingerprint density at radius 1 is 0.680 bits per heavy atom. The summed E-state index contributed by atoms with van der Waals surface area (Å²) >= 11 is 0. The maximum atomic E-state index is 11.4. The topological polar surface area (TPSA) is 74.6 Å². The van der Waals surface area contributed by atoms with Crippen molar-refractivity contribution < 1.29 is 19.8 Å². The third-order valence-electron chi connectivity index (χ3n) is 9.55. The molecule has 0 aromatic heterocycles. The molecule has 4 heteroatoms. The van der Waals surface area contributed by atoms with E-state index in [1.165, 1.54) is 12.8 Å². The third-order valence-corrected chi connectivity index (χ3v) is 9.55. The standard InChI is InChI=1S/C21H26O4/c22-16(23)6-10-11(7-17(24)25)13-4-12(10)20-14-5-15(21(13)20)19-9-2-1-8(3-9)18(14)19/h1-2,8-15,18-21H,3-7H2,(H,22,23)(H,24,25). The summed E-state index contributed by atoms with van der Waals surface area (Å²) in [5.41, 5.74) is 0. The fourth-order valence-corrected chi connectivity index (χ4v) is 9.53. The maximum Gasteiger partial charge on any atom is 0.303 e. The van der Waals surface area contributed by atoms with Crippen LogP contribution < -0.4 is 0 Å². The molecule has 12 unspecified atom stereocenters. The van der Waals surface area contributed by atoms with E-state index < -0.39 is 11.9 Å². The minimum absolute atomic E-state index is 0.104. The van der Waals surface area contributed by atoms with E-state index in [4.69, 9.17) is 0 Å². The normalized spacial score (nSPS) is 58.7. The molecule has 0 radical (unpaired) electrons. The number of hydrogen-bond donors (Lipinski definition) is 2. The molecule has 5 saturated carbocycles. The molecule has 25 heavy (non-hydrogen) atoms. The molecule has 0 aliphatic heterocycles. The largest absolute Gasteiger partial charge is 0.481 e. The average molecular weight is 342 g/mol. The quantitative estimate of drug-likeness (QED) is 0.608. The zero-order chi connectivity index (χ0) is 17.0. The van der Waals surface area contributed by atoms with Crippen molar-refractivity contribution in [3.63, 3.8) is 0 Å². The second-order valence-electron chi connectivity index (χ2n) is 9.91. The molecule has 6 rings (SSSR count). The summed E-state index contributed by atoms with van der Waals surface area (Å²) in [6, 6.07) is 0. The first-order valence-corrected chi connectivity index (χ1v) is 10.2. The van der Waals surface area contributed by atoms with Gasteiger partial charge in [-0.2, -0.15) is 0 Å². The van der Waals surface area contributed by atoms with Crippen molar-refractivity contribution in [1.82, 2.24) is 0 Å². The highest BCUT2D eigenvalue weighted by Gasteiger charge is 2.72. The van der Waals surface area contributed by atoms with Gasteiger partial charge in [0.2, 0.25) is 0 Å². The molecule has 4 nitrogen and oxygen atoms in total.